The summed E-state index contributed by atoms with van der Waals surface area (Å²) in [5, 5.41) is 14.4. The molecule has 5 heteroatoms. The molecule has 124 valence electrons. The van der Waals surface area contributed by atoms with E-state index in [1.165, 1.54) is 12.8 Å². The van der Waals surface area contributed by atoms with Crippen LogP contribution < -0.4 is 10.6 Å². The Morgan fingerprint density at radius 2 is 1.67 bits per heavy atom. The molecule has 1 unspecified atom stereocenters. The van der Waals surface area contributed by atoms with E-state index in [-0.39, 0.29) is 12.5 Å². The van der Waals surface area contributed by atoms with E-state index in [1.54, 1.807) is 0 Å². The monoisotopic (exact) mass is 300 g/mol. The first kappa shape index (κ1) is 19.7. The van der Waals surface area contributed by atoms with Crippen molar-refractivity contribution >= 4 is 12.0 Å². The van der Waals surface area contributed by atoms with Crippen LogP contribution in [0.5, 0.6) is 0 Å². The van der Waals surface area contributed by atoms with Crippen molar-refractivity contribution in [2.45, 2.75) is 65.7 Å². The number of carboxylic acids is 1. The van der Waals surface area contributed by atoms with Gasteiger partial charge in [-0.2, -0.15) is 0 Å². The lowest BCUT2D eigenvalue weighted by Gasteiger charge is -2.20. The fourth-order valence-corrected chi connectivity index (χ4v) is 2.31. The van der Waals surface area contributed by atoms with Crippen LogP contribution in [0, 0.1) is 11.8 Å². The number of carbonyl (C=O) groups excluding carboxylic acids is 1. The van der Waals surface area contributed by atoms with Gasteiger partial charge in [-0.1, -0.05) is 40.0 Å². The van der Waals surface area contributed by atoms with Gasteiger partial charge in [0.2, 0.25) is 0 Å². The molecule has 0 saturated carbocycles. The van der Waals surface area contributed by atoms with Gasteiger partial charge in [-0.25, -0.2) is 4.79 Å². The second kappa shape index (κ2) is 12.5. The summed E-state index contributed by atoms with van der Waals surface area (Å²) in [5.41, 5.74) is 0. The first-order valence-electron chi connectivity index (χ1n) is 8.20. The minimum atomic E-state index is -0.751. The Balaban J connectivity index is 3.72. The molecular weight excluding hydrogens is 268 g/mol. The van der Waals surface area contributed by atoms with Gasteiger partial charge in [0.1, 0.15) is 0 Å². The van der Waals surface area contributed by atoms with Gasteiger partial charge in [0.05, 0.1) is 0 Å². The van der Waals surface area contributed by atoms with Crippen LogP contribution in [0.2, 0.25) is 0 Å². The minimum Gasteiger partial charge on any atom is -0.481 e. The molecule has 0 aromatic carbocycles. The van der Waals surface area contributed by atoms with Crippen molar-refractivity contribution in [2.24, 2.45) is 11.8 Å². The number of nitrogens with one attached hydrogen (secondary N) is 2. The van der Waals surface area contributed by atoms with Gasteiger partial charge in [-0.15, -0.1) is 0 Å². The SMILES string of the molecule is CCCCCCNC(=O)NCCC(CCC(=O)O)C(C)C. The molecular formula is C16H32N2O3. The Morgan fingerprint density at radius 1 is 1.00 bits per heavy atom. The summed E-state index contributed by atoms with van der Waals surface area (Å²) in [6, 6.07) is -0.118. The molecule has 0 aliphatic carbocycles. The molecule has 0 aromatic rings. The third kappa shape index (κ3) is 12.2. The highest BCUT2D eigenvalue weighted by atomic mass is 16.4. The lowest BCUT2D eigenvalue weighted by atomic mass is 9.88. The topological polar surface area (TPSA) is 78.4 Å². The number of unbranched alkanes of at least 4 members (excludes halogenated alkanes) is 3. The van der Waals surface area contributed by atoms with Gasteiger partial charge in [-0.3, -0.25) is 4.79 Å². The van der Waals surface area contributed by atoms with Crippen LogP contribution in [0.4, 0.5) is 4.79 Å². The van der Waals surface area contributed by atoms with E-state index >= 15 is 0 Å². The molecule has 0 heterocycles. The molecule has 0 spiro atoms. The zero-order chi connectivity index (χ0) is 16.1. The van der Waals surface area contributed by atoms with Crippen LogP contribution in [-0.2, 0) is 4.79 Å². The average Bonchev–Trinajstić information content (AvgIpc) is 2.41. The Hall–Kier alpha value is -1.26. The lowest BCUT2D eigenvalue weighted by Crippen LogP contribution is -2.37. The number of hydrogen-bond donors (Lipinski definition) is 3. The predicted octanol–water partition coefficient (Wildman–Crippen LogP) is 3.39. The van der Waals surface area contributed by atoms with E-state index in [4.69, 9.17) is 5.11 Å². The number of carbonyl (C=O) groups is 2. The summed E-state index contributed by atoms with van der Waals surface area (Å²) < 4.78 is 0. The van der Waals surface area contributed by atoms with Gasteiger partial charge >= 0.3 is 12.0 Å². The standard InChI is InChI=1S/C16H32N2O3/c1-4-5-6-7-11-17-16(21)18-12-10-14(13(2)3)8-9-15(19)20/h13-14H,4-12H2,1-3H3,(H,19,20)(H2,17,18,21). The quantitative estimate of drug-likeness (QED) is 0.483. The Kier molecular flexibility index (Phi) is 11.7. The van der Waals surface area contributed by atoms with Crippen molar-refractivity contribution in [3.8, 4) is 0 Å². The zero-order valence-electron chi connectivity index (χ0n) is 13.8. The number of carboxylic acid groups (broad SMARTS) is 1. The molecule has 0 saturated heterocycles. The maximum Gasteiger partial charge on any atom is 0.314 e. The second-order valence-corrected chi connectivity index (χ2v) is 5.97. The fourth-order valence-electron chi connectivity index (χ4n) is 2.31. The minimum absolute atomic E-state index is 0.118. The van der Waals surface area contributed by atoms with E-state index in [0.717, 1.165) is 25.8 Å². The number of amides is 2. The highest BCUT2D eigenvalue weighted by molar-refractivity contribution is 5.73. The second-order valence-electron chi connectivity index (χ2n) is 5.97. The van der Waals surface area contributed by atoms with Crippen molar-refractivity contribution in [1.82, 2.24) is 10.6 Å². The van der Waals surface area contributed by atoms with E-state index in [9.17, 15) is 9.59 Å². The van der Waals surface area contributed by atoms with Gasteiger partial charge in [0.15, 0.2) is 0 Å². The van der Waals surface area contributed by atoms with Crippen molar-refractivity contribution in [3.05, 3.63) is 0 Å². The number of rotatable bonds is 12. The molecule has 0 aromatic heterocycles. The first-order chi connectivity index (χ1) is 9.97. The summed E-state index contributed by atoms with van der Waals surface area (Å²) >= 11 is 0. The van der Waals surface area contributed by atoms with Gasteiger partial charge < -0.3 is 15.7 Å². The number of urea groups is 1. The fraction of sp³-hybridized carbons (Fsp3) is 0.875. The van der Waals surface area contributed by atoms with Gasteiger partial charge in [0.25, 0.3) is 0 Å². The van der Waals surface area contributed by atoms with Crippen LogP contribution in [0.15, 0.2) is 0 Å². The molecule has 21 heavy (non-hydrogen) atoms. The highest BCUT2D eigenvalue weighted by Gasteiger charge is 2.15. The smallest absolute Gasteiger partial charge is 0.314 e. The highest BCUT2D eigenvalue weighted by Crippen LogP contribution is 2.20. The van der Waals surface area contributed by atoms with E-state index in [1.807, 2.05) is 0 Å². The summed E-state index contributed by atoms with van der Waals surface area (Å²) in [6.45, 7) is 7.68. The molecule has 0 rings (SSSR count). The summed E-state index contributed by atoms with van der Waals surface area (Å²) in [5.74, 6) is 0.0210. The molecule has 5 nitrogen and oxygen atoms in total. The van der Waals surface area contributed by atoms with Crippen LogP contribution in [-0.4, -0.2) is 30.2 Å². The molecule has 0 radical (unpaired) electrons. The normalized spacial score (nSPS) is 12.2. The maximum absolute atomic E-state index is 11.6. The molecule has 0 aliphatic rings. The van der Waals surface area contributed by atoms with Crippen molar-refractivity contribution in [1.29, 1.82) is 0 Å². The third-order valence-corrected chi connectivity index (χ3v) is 3.79. The van der Waals surface area contributed by atoms with E-state index in [2.05, 4.69) is 31.4 Å². The molecule has 2 amide bonds. The lowest BCUT2D eigenvalue weighted by molar-refractivity contribution is -0.137. The molecule has 0 fully saturated rings. The molecule has 0 bridgehead atoms. The molecule has 3 N–H and O–H groups in total. The maximum atomic E-state index is 11.6. The van der Waals surface area contributed by atoms with Crippen LogP contribution in [0.25, 0.3) is 0 Å². The Morgan fingerprint density at radius 3 is 2.24 bits per heavy atom. The third-order valence-electron chi connectivity index (χ3n) is 3.79. The Bertz CT molecular complexity index is 293. The largest absolute Gasteiger partial charge is 0.481 e. The van der Waals surface area contributed by atoms with Gasteiger partial charge in [0, 0.05) is 19.5 Å². The van der Waals surface area contributed by atoms with E-state index in [0.29, 0.717) is 24.8 Å². The summed E-state index contributed by atoms with van der Waals surface area (Å²) in [4.78, 5) is 22.2. The van der Waals surface area contributed by atoms with Crippen molar-refractivity contribution < 1.29 is 14.7 Å². The van der Waals surface area contributed by atoms with Crippen LogP contribution >= 0.6 is 0 Å². The van der Waals surface area contributed by atoms with Gasteiger partial charge in [-0.05, 0) is 31.1 Å². The Labute approximate surface area is 128 Å². The van der Waals surface area contributed by atoms with Crippen molar-refractivity contribution in [3.63, 3.8) is 0 Å². The molecule has 0 aliphatic heterocycles. The number of aliphatic carboxylic acids is 1. The van der Waals surface area contributed by atoms with Crippen LogP contribution in [0.1, 0.15) is 65.7 Å². The zero-order valence-corrected chi connectivity index (χ0v) is 13.8. The summed E-state index contributed by atoms with van der Waals surface area (Å²) in [6.07, 6.45) is 6.28. The predicted molar refractivity (Wildman–Crippen MR) is 85.4 cm³/mol. The van der Waals surface area contributed by atoms with Crippen LogP contribution in [0.3, 0.4) is 0 Å². The van der Waals surface area contributed by atoms with E-state index < -0.39 is 5.97 Å². The van der Waals surface area contributed by atoms with Crippen molar-refractivity contribution in [2.75, 3.05) is 13.1 Å². The average molecular weight is 300 g/mol. The summed E-state index contributed by atoms with van der Waals surface area (Å²) in [7, 11) is 0. The number of hydrogen-bond acceptors (Lipinski definition) is 2. The molecule has 1 atom stereocenters. The first-order valence-corrected chi connectivity index (χ1v) is 8.20.